The fraction of sp³-hybridized carbons (Fsp3) is 0.286. The average Bonchev–Trinajstić information content (AvgIpc) is 3.18. The Balaban J connectivity index is 0.00000210. The first-order valence-electron chi connectivity index (χ1n) is 9.02. The number of hydrogen-bond donors (Lipinski definition) is 2. The molecule has 1 atom stereocenters. The number of ether oxygens (including phenoxy) is 1. The van der Waals surface area contributed by atoms with E-state index in [2.05, 4.69) is 50.7 Å². The quantitative estimate of drug-likeness (QED) is 0.705. The summed E-state index contributed by atoms with van der Waals surface area (Å²) in [6, 6.07) is 21.0. The predicted molar refractivity (Wildman–Crippen MR) is 110 cm³/mol. The molecule has 2 heterocycles. The second-order valence-corrected chi connectivity index (χ2v) is 6.58. The van der Waals surface area contributed by atoms with Gasteiger partial charge < -0.3 is 10.1 Å². The predicted octanol–water partition coefficient (Wildman–Crippen LogP) is 3.65. The van der Waals surface area contributed by atoms with Gasteiger partial charge in [-0.2, -0.15) is 5.10 Å². The third kappa shape index (κ3) is 4.33. The summed E-state index contributed by atoms with van der Waals surface area (Å²) < 4.78 is 5.58. The topological polar surface area (TPSA) is 53.2 Å². The lowest BCUT2D eigenvalue weighted by Crippen LogP contribution is -2.45. The van der Waals surface area contributed by atoms with Crippen LogP contribution in [0.25, 0.3) is 11.3 Å². The number of nitrogens with one attached hydrogen (secondary N) is 2. The summed E-state index contributed by atoms with van der Waals surface area (Å²) in [5, 5.41) is 11.2. The largest absolute Gasteiger partial charge is 0.496 e. The Morgan fingerprint density at radius 3 is 2.70 bits per heavy atom. The summed E-state index contributed by atoms with van der Waals surface area (Å²) in [6.45, 7) is 3.73. The number of H-pyrrole nitrogens is 1. The Bertz CT molecular complexity index is 852. The van der Waals surface area contributed by atoms with E-state index in [0.29, 0.717) is 0 Å². The highest BCUT2D eigenvalue weighted by molar-refractivity contribution is 5.85. The molecule has 4 rings (SSSR count). The van der Waals surface area contributed by atoms with Gasteiger partial charge in [-0.15, -0.1) is 12.4 Å². The highest BCUT2D eigenvalue weighted by atomic mass is 35.5. The van der Waals surface area contributed by atoms with E-state index >= 15 is 0 Å². The molecule has 0 amide bonds. The van der Waals surface area contributed by atoms with Gasteiger partial charge in [0, 0.05) is 43.0 Å². The maximum atomic E-state index is 5.58. The summed E-state index contributed by atoms with van der Waals surface area (Å²) in [7, 11) is 1.74. The molecule has 2 aromatic carbocycles. The lowest BCUT2D eigenvalue weighted by atomic mass is 10.0. The average molecular weight is 385 g/mol. The third-order valence-corrected chi connectivity index (χ3v) is 4.93. The molecular weight excluding hydrogens is 360 g/mol. The Hall–Kier alpha value is -2.34. The highest BCUT2D eigenvalue weighted by Gasteiger charge is 2.26. The number of aromatic nitrogens is 2. The molecule has 0 spiro atoms. The van der Waals surface area contributed by atoms with Crippen LogP contribution >= 0.6 is 12.4 Å². The molecule has 1 saturated heterocycles. The van der Waals surface area contributed by atoms with Gasteiger partial charge in [0.05, 0.1) is 18.8 Å². The van der Waals surface area contributed by atoms with Crippen LogP contribution in [0.4, 0.5) is 0 Å². The normalized spacial score (nSPS) is 17.3. The summed E-state index contributed by atoms with van der Waals surface area (Å²) in [4.78, 5) is 2.48. The van der Waals surface area contributed by atoms with Crippen molar-refractivity contribution in [2.45, 2.75) is 12.6 Å². The molecule has 1 fully saturated rings. The van der Waals surface area contributed by atoms with Gasteiger partial charge >= 0.3 is 0 Å². The molecular formula is C21H25ClN4O. The Morgan fingerprint density at radius 1 is 1.11 bits per heavy atom. The second kappa shape index (κ2) is 9.04. The smallest absolute Gasteiger partial charge is 0.123 e. The monoisotopic (exact) mass is 384 g/mol. The number of nitrogens with zero attached hydrogens (tertiary/aromatic N) is 2. The Labute approximate surface area is 166 Å². The van der Waals surface area contributed by atoms with Gasteiger partial charge in [0.1, 0.15) is 5.75 Å². The van der Waals surface area contributed by atoms with E-state index in [9.17, 15) is 0 Å². The lowest BCUT2D eigenvalue weighted by Gasteiger charge is -2.36. The van der Waals surface area contributed by atoms with Crippen molar-refractivity contribution in [2.24, 2.45) is 0 Å². The number of halogens is 1. The Kier molecular flexibility index (Phi) is 6.50. The van der Waals surface area contributed by atoms with Crippen LogP contribution in [0.1, 0.15) is 17.3 Å². The SMILES string of the molecule is COc1ccccc1C1CNCCN1Cc1cc(-c2ccccc2)n[nH]1.Cl. The number of para-hydroxylation sites is 1. The first-order chi connectivity index (χ1) is 12.8. The fourth-order valence-electron chi connectivity index (χ4n) is 3.60. The van der Waals surface area contributed by atoms with Crippen molar-refractivity contribution >= 4 is 12.4 Å². The van der Waals surface area contributed by atoms with Crippen LogP contribution < -0.4 is 10.1 Å². The van der Waals surface area contributed by atoms with E-state index in [0.717, 1.165) is 48.9 Å². The third-order valence-electron chi connectivity index (χ3n) is 4.93. The van der Waals surface area contributed by atoms with E-state index in [1.165, 1.54) is 5.56 Å². The minimum absolute atomic E-state index is 0. The van der Waals surface area contributed by atoms with Gasteiger partial charge in [-0.1, -0.05) is 48.5 Å². The summed E-state index contributed by atoms with van der Waals surface area (Å²) in [5.41, 5.74) is 4.48. The number of methoxy groups -OCH3 is 1. The minimum atomic E-state index is 0. The van der Waals surface area contributed by atoms with E-state index in [-0.39, 0.29) is 18.4 Å². The molecule has 0 aliphatic carbocycles. The minimum Gasteiger partial charge on any atom is -0.496 e. The molecule has 1 aliphatic heterocycles. The Morgan fingerprint density at radius 2 is 1.89 bits per heavy atom. The van der Waals surface area contributed by atoms with E-state index in [1.54, 1.807) is 7.11 Å². The maximum absolute atomic E-state index is 5.58. The van der Waals surface area contributed by atoms with Crippen LogP contribution in [-0.4, -0.2) is 41.8 Å². The zero-order valence-electron chi connectivity index (χ0n) is 15.4. The van der Waals surface area contributed by atoms with Crippen molar-refractivity contribution in [3.63, 3.8) is 0 Å². The molecule has 6 heteroatoms. The van der Waals surface area contributed by atoms with E-state index in [4.69, 9.17) is 4.74 Å². The fourth-order valence-corrected chi connectivity index (χ4v) is 3.60. The number of hydrogen-bond acceptors (Lipinski definition) is 4. The van der Waals surface area contributed by atoms with Crippen LogP contribution in [0.2, 0.25) is 0 Å². The zero-order valence-corrected chi connectivity index (χ0v) is 16.2. The number of piperazine rings is 1. The van der Waals surface area contributed by atoms with Gasteiger partial charge in [-0.3, -0.25) is 10.00 Å². The van der Waals surface area contributed by atoms with Gasteiger partial charge in [0.15, 0.2) is 0 Å². The van der Waals surface area contributed by atoms with Crippen molar-refractivity contribution in [1.29, 1.82) is 0 Å². The van der Waals surface area contributed by atoms with Crippen LogP contribution in [0, 0.1) is 0 Å². The molecule has 27 heavy (non-hydrogen) atoms. The molecule has 0 radical (unpaired) electrons. The highest BCUT2D eigenvalue weighted by Crippen LogP contribution is 2.31. The molecule has 1 unspecified atom stereocenters. The van der Waals surface area contributed by atoms with E-state index in [1.807, 2.05) is 30.3 Å². The van der Waals surface area contributed by atoms with Gasteiger partial charge in [0.2, 0.25) is 0 Å². The molecule has 0 saturated carbocycles. The number of rotatable bonds is 5. The van der Waals surface area contributed by atoms with Gasteiger partial charge in [0.25, 0.3) is 0 Å². The number of aromatic amines is 1. The van der Waals surface area contributed by atoms with Gasteiger partial charge in [-0.05, 0) is 12.1 Å². The van der Waals surface area contributed by atoms with Crippen LogP contribution in [0.5, 0.6) is 5.75 Å². The molecule has 3 aromatic rings. The van der Waals surface area contributed by atoms with Gasteiger partial charge in [-0.25, -0.2) is 0 Å². The van der Waals surface area contributed by atoms with Crippen molar-refractivity contribution in [3.8, 4) is 17.0 Å². The molecule has 5 nitrogen and oxygen atoms in total. The number of benzene rings is 2. The summed E-state index contributed by atoms with van der Waals surface area (Å²) >= 11 is 0. The summed E-state index contributed by atoms with van der Waals surface area (Å²) in [5.74, 6) is 0.945. The van der Waals surface area contributed by atoms with Crippen molar-refractivity contribution in [2.75, 3.05) is 26.7 Å². The molecule has 142 valence electrons. The lowest BCUT2D eigenvalue weighted by molar-refractivity contribution is 0.149. The second-order valence-electron chi connectivity index (χ2n) is 6.58. The first kappa shape index (κ1) is 19.4. The zero-order chi connectivity index (χ0) is 17.8. The van der Waals surface area contributed by atoms with Crippen LogP contribution in [-0.2, 0) is 6.54 Å². The van der Waals surface area contributed by atoms with Crippen LogP contribution in [0.3, 0.4) is 0 Å². The van der Waals surface area contributed by atoms with Crippen molar-refractivity contribution in [3.05, 3.63) is 71.9 Å². The molecule has 2 N–H and O–H groups in total. The van der Waals surface area contributed by atoms with Crippen molar-refractivity contribution < 1.29 is 4.74 Å². The molecule has 0 bridgehead atoms. The summed E-state index contributed by atoms with van der Waals surface area (Å²) in [6.07, 6.45) is 0. The van der Waals surface area contributed by atoms with E-state index < -0.39 is 0 Å². The maximum Gasteiger partial charge on any atom is 0.123 e. The van der Waals surface area contributed by atoms with Crippen molar-refractivity contribution in [1.82, 2.24) is 20.4 Å². The standard InChI is InChI=1S/C21H24N4O.ClH/c1-26-21-10-6-5-9-18(21)20-14-22-11-12-25(20)15-17-13-19(24-23-17)16-7-3-2-4-8-16;/h2-10,13,20,22H,11-12,14-15H2,1H3,(H,23,24);1H. The molecule has 1 aliphatic rings. The van der Waals surface area contributed by atoms with Crippen LogP contribution in [0.15, 0.2) is 60.7 Å². The first-order valence-corrected chi connectivity index (χ1v) is 9.02. The molecule has 1 aromatic heterocycles.